The van der Waals surface area contributed by atoms with E-state index in [0.29, 0.717) is 17.1 Å². The van der Waals surface area contributed by atoms with E-state index in [1.54, 1.807) is 42.6 Å². The number of carbonyl (C=O) groups excluding carboxylic acids is 1. The van der Waals surface area contributed by atoms with Crippen LogP contribution < -0.4 is 10.6 Å². The molecule has 0 aliphatic heterocycles. The van der Waals surface area contributed by atoms with Gasteiger partial charge in [-0.15, -0.1) is 10.2 Å². The van der Waals surface area contributed by atoms with E-state index >= 15 is 0 Å². The first-order chi connectivity index (χ1) is 13.7. The first-order valence-electron chi connectivity index (χ1n) is 8.49. The summed E-state index contributed by atoms with van der Waals surface area (Å²) in [5.41, 5.74) is 2.79. The van der Waals surface area contributed by atoms with Crippen molar-refractivity contribution in [3.05, 3.63) is 84.2 Å². The molecule has 0 fully saturated rings. The summed E-state index contributed by atoms with van der Waals surface area (Å²) < 4.78 is 0. The number of anilines is 3. The molecule has 0 spiro atoms. The van der Waals surface area contributed by atoms with Gasteiger partial charge >= 0.3 is 0 Å². The lowest BCUT2D eigenvalue weighted by Crippen LogP contribution is -2.14. The minimum atomic E-state index is -0.402. The first kappa shape index (κ1) is 17.1. The highest BCUT2D eigenvalue weighted by Crippen LogP contribution is 2.23. The lowest BCUT2D eigenvalue weighted by atomic mass is 10.2. The van der Waals surface area contributed by atoms with E-state index in [1.165, 1.54) is 0 Å². The van der Waals surface area contributed by atoms with Gasteiger partial charge in [-0.1, -0.05) is 24.3 Å². The van der Waals surface area contributed by atoms with Crippen LogP contribution in [0.1, 0.15) is 16.1 Å². The second kappa shape index (κ2) is 7.51. The number of aromatic nitrogens is 3. The van der Waals surface area contributed by atoms with Crippen LogP contribution in [0, 0.1) is 11.3 Å². The smallest absolute Gasteiger partial charge is 0.276 e. The van der Waals surface area contributed by atoms with Crippen LogP contribution in [0.4, 0.5) is 17.2 Å². The summed E-state index contributed by atoms with van der Waals surface area (Å²) in [6, 6.07) is 21.6. The summed E-state index contributed by atoms with van der Waals surface area (Å²) in [6.45, 7) is 0. The van der Waals surface area contributed by atoms with Crippen molar-refractivity contribution < 1.29 is 4.79 Å². The van der Waals surface area contributed by atoms with Crippen molar-refractivity contribution >= 4 is 34.0 Å². The number of nitrogens with zero attached hydrogens (tertiary/aromatic N) is 4. The molecule has 0 saturated heterocycles. The third-order valence-corrected chi connectivity index (χ3v) is 4.04. The predicted octanol–water partition coefficient (Wildman–Crippen LogP) is 3.89. The molecule has 0 radical (unpaired) electrons. The number of nitriles is 1. The molecular formula is C21H14N6O. The van der Waals surface area contributed by atoms with E-state index in [2.05, 4.69) is 25.8 Å². The van der Waals surface area contributed by atoms with Crippen LogP contribution in [-0.2, 0) is 0 Å². The topological polar surface area (TPSA) is 104 Å². The number of hydrogen-bond acceptors (Lipinski definition) is 6. The van der Waals surface area contributed by atoms with E-state index in [1.807, 2.05) is 36.4 Å². The Morgan fingerprint density at radius 1 is 0.964 bits per heavy atom. The average molecular weight is 366 g/mol. The van der Waals surface area contributed by atoms with Gasteiger partial charge < -0.3 is 10.6 Å². The minimum Gasteiger partial charge on any atom is -0.337 e. The quantitative estimate of drug-likeness (QED) is 0.568. The third kappa shape index (κ3) is 3.61. The van der Waals surface area contributed by atoms with E-state index < -0.39 is 5.91 Å². The van der Waals surface area contributed by atoms with Crippen molar-refractivity contribution in [2.45, 2.75) is 0 Å². The maximum Gasteiger partial charge on any atom is 0.276 e. The molecule has 0 aliphatic rings. The summed E-state index contributed by atoms with van der Waals surface area (Å²) >= 11 is 0. The molecule has 4 aromatic rings. The molecule has 28 heavy (non-hydrogen) atoms. The Kier molecular flexibility index (Phi) is 4.59. The third-order valence-electron chi connectivity index (χ3n) is 4.04. The number of hydrogen-bond donors (Lipinski definition) is 2. The molecule has 0 atom stereocenters. The molecular weight excluding hydrogens is 352 g/mol. The molecule has 7 nitrogen and oxygen atoms in total. The van der Waals surface area contributed by atoms with Crippen molar-refractivity contribution in [3.8, 4) is 6.07 Å². The summed E-state index contributed by atoms with van der Waals surface area (Å²) in [6.07, 6.45) is 1.73. The molecule has 0 aliphatic carbocycles. The van der Waals surface area contributed by atoms with Crippen LogP contribution in [0.2, 0.25) is 0 Å². The summed E-state index contributed by atoms with van der Waals surface area (Å²) in [5, 5.41) is 23.9. The standard InChI is InChI=1S/C21H14N6O/c22-13-14-4-1-7-16(12-14)24-21(28)18-9-10-19(27-26-18)25-17-8-2-5-15-6-3-11-23-20(15)17/h1-12H,(H,24,28)(H,25,27). The number of para-hydroxylation sites is 1. The number of fused-ring (bicyclic) bond motifs is 1. The molecule has 2 aromatic heterocycles. The van der Waals surface area contributed by atoms with Gasteiger partial charge in [0.1, 0.15) is 0 Å². The van der Waals surface area contributed by atoms with Gasteiger partial charge in [0.15, 0.2) is 11.5 Å². The molecule has 0 bridgehead atoms. The van der Waals surface area contributed by atoms with Gasteiger partial charge in [0.25, 0.3) is 5.91 Å². The highest BCUT2D eigenvalue weighted by Gasteiger charge is 2.10. The number of rotatable bonds is 4. The summed E-state index contributed by atoms with van der Waals surface area (Å²) in [4.78, 5) is 16.7. The maximum atomic E-state index is 12.3. The van der Waals surface area contributed by atoms with Crippen LogP contribution in [-0.4, -0.2) is 21.1 Å². The Bertz CT molecular complexity index is 1190. The molecule has 0 unspecified atom stereocenters. The highest BCUT2D eigenvalue weighted by molar-refractivity contribution is 6.03. The lowest BCUT2D eigenvalue weighted by Gasteiger charge is -2.08. The molecule has 7 heteroatoms. The van der Waals surface area contributed by atoms with Crippen LogP contribution >= 0.6 is 0 Å². The van der Waals surface area contributed by atoms with Crippen LogP contribution in [0.25, 0.3) is 10.9 Å². The zero-order valence-corrected chi connectivity index (χ0v) is 14.6. The van der Waals surface area contributed by atoms with Gasteiger partial charge in [0.05, 0.1) is 22.8 Å². The fraction of sp³-hybridized carbons (Fsp3) is 0. The second-order valence-corrected chi connectivity index (χ2v) is 5.96. The normalized spacial score (nSPS) is 10.2. The number of nitrogens with one attached hydrogen (secondary N) is 2. The zero-order valence-electron chi connectivity index (χ0n) is 14.6. The molecule has 134 valence electrons. The summed E-state index contributed by atoms with van der Waals surface area (Å²) in [5.74, 6) is 0.0992. The monoisotopic (exact) mass is 366 g/mol. The fourth-order valence-electron chi connectivity index (χ4n) is 2.72. The van der Waals surface area contributed by atoms with Crippen molar-refractivity contribution in [3.63, 3.8) is 0 Å². The average Bonchev–Trinajstić information content (AvgIpc) is 2.74. The number of carbonyl (C=O) groups is 1. The Labute approximate surface area is 160 Å². The first-order valence-corrected chi connectivity index (χ1v) is 8.49. The zero-order chi connectivity index (χ0) is 19.3. The van der Waals surface area contributed by atoms with Crippen molar-refractivity contribution in [2.24, 2.45) is 0 Å². The Hall–Kier alpha value is -4.31. The SMILES string of the molecule is N#Cc1cccc(NC(=O)c2ccc(Nc3cccc4cccnc34)nn2)c1. The molecule has 2 heterocycles. The number of pyridine rings is 1. The lowest BCUT2D eigenvalue weighted by molar-refractivity contribution is 0.102. The van der Waals surface area contributed by atoms with Gasteiger partial charge in [0, 0.05) is 17.3 Å². The van der Waals surface area contributed by atoms with Gasteiger partial charge in [-0.25, -0.2) is 0 Å². The molecule has 0 saturated carbocycles. The summed E-state index contributed by atoms with van der Waals surface area (Å²) in [7, 11) is 0. The van der Waals surface area contributed by atoms with Crippen LogP contribution in [0.3, 0.4) is 0 Å². The number of amides is 1. The number of benzene rings is 2. The Morgan fingerprint density at radius 2 is 1.82 bits per heavy atom. The molecule has 2 N–H and O–H groups in total. The highest BCUT2D eigenvalue weighted by atomic mass is 16.1. The van der Waals surface area contributed by atoms with E-state index in [0.717, 1.165) is 16.6 Å². The van der Waals surface area contributed by atoms with Crippen LogP contribution in [0.15, 0.2) is 72.9 Å². The second-order valence-electron chi connectivity index (χ2n) is 5.96. The van der Waals surface area contributed by atoms with Crippen molar-refractivity contribution in [1.29, 1.82) is 5.26 Å². The van der Waals surface area contributed by atoms with Gasteiger partial charge in [-0.05, 0) is 42.5 Å². The van der Waals surface area contributed by atoms with Gasteiger partial charge in [0.2, 0.25) is 0 Å². The fourth-order valence-corrected chi connectivity index (χ4v) is 2.72. The van der Waals surface area contributed by atoms with E-state index in [9.17, 15) is 4.79 Å². The predicted molar refractivity (Wildman–Crippen MR) is 106 cm³/mol. The van der Waals surface area contributed by atoms with E-state index in [4.69, 9.17) is 5.26 Å². The molecule has 2 aromatic carbocycles. The maximum absolute atomic E-state index is 12.3. The van der Waals surface area contributed by atoms with Gasteiger partial charge in [-0.3, -0.25) is 9.78 Å². The Morgan fingerprint density at radius 3 is 2.64 bits per heavy atom. The van der Waals surface area contributed by atoms with Gasteiger partial charge in [-0.2, -0.15) is 5.26 Å². The van der Waals surface area contributed by atoms with Crippen molar-refractivity contribution in [2.75, 3.05) is 10.6 Å². The van der Waals surface area contributed by atoms with Crippen LogP contribution in [0.5, 0.6) is 0 Å². The van der Waals surface area contributed by atoms with Crippen molar-refractivity contribution in [1.82, 2.24) is 15.2 Å². The molecule has 4 rings (SSSR count). The Balaban J connectivity index is 1.50. The largest absolute Gasteiger partial charge is 0.337 e. The minimum absolute atomic E-state index is 0.170. The van der Waals surface area contributed by atoms with E-state index in [-0.39, 0.29) is 5.69 Å². The molecule has 1 amide bonds.